The van der Waals surface area contributed by atoms with Crippen LogP contribution in [-0.2, 0) is 11.8 Å². The van der Waals surface area contributed by atoms with Gasteiger partial charge in [0.2, 0.25) is 5.91 Å². The maximum Gasteiger partial charge on any atom is 0.270 e. The number of thiazole rings is 1. The van der Waals surface area contributed by atoms with Crippen LogP contribution in [0, 0.1) is 23.0 Å². The monoisotopic (exact) mass is 565 g/mol. The van der Waals surface area contributed by atoms with Crippen LogP contribution in [0.1, 0.15) is 40.9 Å². The molecule has 11 nitrogen and oxygen atoms in total. The molecule has 0 fully saturated rings. The van der Waals surface area contributed by atoms with Gasteiger partial charge in [0.15, 0.2) is 16.1 Å². The molecule has 2 heterocycles. The lowest BCUT2D eigenvalue weighted by Crippen LogP contribution is -2.33. The number of nitro benzene ring substituents is 1. The molecule has 0 unspecified atom stereocenters. The van der Waals surface area contributed by atoms with Crippen LogP contribution in [0.2, 0.25) is 0 Å². The Labute approximate surface area is 233 Å². The topological polar surface area (TPSA) is 145 Å². The van der Waals surface area contributed by atoms with Gasteiger partial charge in [0.1, 0.15) is 0 Å². The Kier molecular flexibility index (Phi) is 8.72. The van der Waals surface area contributed by atoms with E-state index < -0.39 is 16.9 Å². The predicted octanol–water partition coefficient (Wildman–Crippen LogP) is 5.01. The molecule has 202 valence electrons. The molecule has 0 aliphatic rings. The quantitative estimate of drug-likeness (QED) is 0.155. The van der Waals surface area contributed by atoms with Crippen molar-refractivity contribution in [3.63, 3.8) is 0 Å². The highest BCUT2D eigenvalue weighted by Crippen LogP contribution is 2.30. The largest absolute Gasteiger partial charge is 0.342 e. The lowest BCUT2D eigenvalue weighted by Gasteiger charge is -2.21. The average molecular weight is 566 g/mol. The normalized spacial score (nSPS) is 11.8. The van der Waals surface area contributed by atoms with Crippen LogP contribution in [0.15, 0.2) is 59.8 Å². The summed E-state index contributed by atoms with van der Waals surface area (Å²) in [6.45, 7) is 5.81. The fraction of sp³-hybridized carbons (Fsp3) is 0.269. The number of benzene rings is 2. The van der Waals surface area contributed by atoms with E-state index in [1.807, 2.05) is 51.1 Å². The number of hydrogen-bond acceptors (Lipinski definition) is 9. The van der Waals surface area contributed by atoms with E-state index in [2.05, 4.69) is 25.8 Å². The fourth-order valence-electron chi connectivity index (χ4n) is 3.84. The van der Waals surface area contributed by atoms with Crippen LogP contribution in [0.5, 0.6) is 0 Å². The second-order valence-electron chi connectivity index (χ2n) is 9.03. The van der Waals surface area contributed by atoms with Crippen LogP contribution in [0.3, 0.4) is 0 Å². The molecule has 0 bridgehead atoms. The lowest BCUT2D eigenvalue weighted by atomic mass is 10.0. The Morgan fingerprint density at radius 1 is 1.13 bits per heavy atom. The summed E-state index contributed by atoms with van der Waals surface area (Å²) in [5.74, 6) is -0.129. The van der Waals surface area contributed by atoms with Gasteiger partial charge in [0.25, 0.3) is 11.6 Å². The van der Waals surface area contributed by atoms with Gasteiger partial charge in [0.05, 0.1) is 22.4 Å². The molecule has 0 radical (unpaired) electrons. The second-order valence-corrected chi connectivity index (χ2v) is 11.2. The van der Waals surface area contributed by atoms with Crippen molar-refractivity contribution in [1.82, 2.24) is 25.1 Å². The number of carbonyl (C=O) groups excluding carboxylic acids is 2. The first-order valence-electron chi connectivity index (χ1n) is 12.0. The summed E-state index contributed by atoms with van der Waals surface area (Å²) in [4.78, 5) is 41.6. The molecule has 2 N–H and O–H groups in total. The van der Waals surface area contributed by atoms with Crippen molar-refractivity contribution in [2.24, 2.45) is 13.0 Å². The minimum atomic E-state index is -0.545. The van der Waals surface area contributed by atoms with E-state index in [0.717, 1.165) is 16.1 Å². The van der Waals surface area contributed by atoms with Crippen LogP contribution in [0.4, 0.5) is 10.8 Å². The zero-order chi connectivity index (χ0) is 28.1. The van der Waals surface area contributed by atoms with E-state index in [4.69, 9.17) is 0 Å². The van der Waals surface area contributed by atoms with Gasteiger partial charge in [-0.15, -0.1) is 21.5 Å². The van der Waals surface area contributed by atoms with E-state index in [9.17, 15) is 19.7 Å². The Hall–Kier alpha value is -4.10. The summed E-state index contributed by atoms with van der Waals surface area (Å²) in [6.07, 6.45) is 0. The van der Waals surface area contributed by atoms with Crippen LogP contribution in [0.25, 0.3) is 11.3 Å². The van der Waals surface area contributed by atoms with Gasteiger partial charge in [-0.1, -0.05) is 62.0 Å². The molecular formula is C26H27N7O4S2. The molecule has 4 aromatic rings. The first-order valence-corrected chi connectivity index (χ1v) is 13.8. The summed E-state index contributed by atoms with van der Waals surface area (Å²) in [5, 5.41) is 26.4. The van der Waals surface area contributed by atoms with Crippen LogP contribution in [-0.4, -0.2) is 42.2 Å². The Morgan fingerprint density at radius 3 is 2.56 bits per heavy atom. The van der Waals surface area contributed by atoms with Crippen molar-refractivity contribution in [3.8, 4) is 11.3 Å². The molecule has 0 spiro atoms. The SMILES string of the molecule is Cc1sc(NC(=O)CSc2nnc([C@@H](NC(=O)c3cccc([N+](=O)[O-])c3)C(C)C)n2C)nc1-c1ccccc1. The number of carbonyl (C=O) groups is 2. The first-order chi connectivity index (χ1) is 18.6. The number of amides is 2. The standard InChI is InChI=1S/C26H27N7O4S2/c1-15(2)21(28-24(35)18-11-8-12-19(13-18)33(36)37)23-30-31-26(32(23)4)38-14-20(34)27-25-29-22(16(3)39-25)17-9-6-5-7-10-17/h5-13,15,21H,14H2,1-4H3,(H,28,35)(H,27,29,34)/t21-/m0/s1. The van der Waals surface area contributed by atoms with Crippen LogP contribution >= 0.6 is 23.1 Å². The number of anilines is 1. The van der Waals surface area contributed by atoms with E-state index in [1.165, 1.54) is 47.4 Å². The highest BCUT2D eigenvalue weighted by molar-refractivity contribution is 7.99. The zero-order valence-corrected chi connectivity index (χ0v) is 23.4. The number of aryl methyl sites for hydroxylation is 1. The minimum Gasteiger partial charge on any atom is -0.342 e. The predicted molar refractivity (Wildman–Crippen MR) is 151 cm³/mol. The second kappa shape index (κ2) is 12.2. The molecule has 2 aromatic heterocycles. The highest BCUT2D eigenvalue weighted by atomic mass is 32.2. The molecule has 4 rings (SSSR count). The van der Waals surface area contributed by atoms with Crippen molar-refractivity contribution in [2.75, 3.05) is 11.1 Å². The van der Waals surface area contributed by atoms with Crippen LogP contribution < -0.4 is 10.6 Å². The van der Waals surface area contributed by atoms with Gasteiger partial charge in [0, 0.05) is 35.2 Å². The summed E-state index contributed by atoms with van der Waals surface area (Å²) in [7, 11) is 1.76. The van der Waals surface area contributed by atoms with Crippen molar-refractivity contribution < 1.29 is 14.5 Å². The Morgan fingerprint density at radius 2 is 1.87 bits per heavy atom. The smallest absolute Gasteiger partial charge is 0.270 e. The molecular weight excluding hydrogens is 538 g/mol. The third-order valence-corrected chi connectivity index (χ3v) is 7.75. The summed E-state index contributed by atoms with van der Waals surface area (Å²) < 4.78 is 1.73. The van der Waals surface area contributed by atoms with Gasteiger partial charge in [-0.05, 0) is 18.9 Å². The molecule has 0 aliphatic heterocycles. The highest BCUT2D eigenvalue weighted by Gasteiger charge is 2.26. The number of aromatic nitrogens is 4. The van der Waals surface area contributed by atoms with Gasteiger partial charge < -0.3 is 15.2 Å². The van der Waals surface area contributed by atoms with E-state index in [0.29, 0.717) is 16.1 Å². The first kappa shape index (κ1) is 27.9. The van der Waals surface area contributed by atoms with Gasteiger partial charge >= 0.3 is 0 Å². The number of nitro groups is 1. The molecule has 2 aromatic carbocycles. The van der Waals surface area contributed by atoms with Crippen molar-refractivity contribution >= 4 is 45.7 Å². The molecule has 0 saturated carbocycles. The van der Waals surface area contributed by atoms with Gasteiger partial charge in [-0.2, -0.15) is 0 Å². The number of non-ortho nitro benzene ring substituents is 1. The summed E-state index contributed by atoms with van der Waals surface area (Å²) in [5.41, 5.74) is 1.85. The van der Waals surface area contributed by atoms with Crippen molar-refractivity contribution in [1.29, 1.82) is 0 Å². The zero-order valence-electron chi connectivity index (χ0n) is 21.7. The maximum atomic E-state index is 12.9. The molecule has 13 heteroatoms. The number of nitrogens with zero attached hydrogens (tertiary/aromatic N) is 5. The van der Waals surface area contributed by atoms with Gasteiger partial charge in [-0.3, -0.25) is 19.7 Å². The molecule has 39 heavy (non-hydrogen) atoms. The Balaban J connectivity index is 1.40. The summed E-state index contributed by atoms with van der Waals surface area (Å²) >= 11 is 2.64. The molecule has 0 aliphatic carbocycles. The number of hydrogen-bond donors (Lipinski definition) is 2. The van der Waals surface area contributed by atoms with E-state index in [1.54, 1.807) is 11.6 Å². The van der Waals surface area contributed by atoms with E-state index in [-0.39, 0.29) is 28.8 Å². The maximum absolute atomic E-state index is 12.9. The Bertz CT molecular complexity index is 1500. The lowest BCUT2D eigenvalue weighted by molar-refractivity contribution is -0.384. The van der Waals surface area contributed by atoms with Crippen molar-refractivity contribution in [3.05, 3.63) is 81.0 Å². The minimum absolute atomic E-state index is 0.0522. The van der Waals surface area contributed by atoms with Crippen molar-refractivity contribution in [2.45, 2.75) is 32.0 Å². The molecule has 2 amide bonds. The molecule has 0 saturated heterocycles. The third kappa shape index (κ3) is 6.67. The average Bonchev–Trinajstić information content (AvgIpc) is 3.47. The number of nitrogens with one attached hydrogen (secondary N) is 2. The summed E-state index contributed by atoms with van der Waals surface area (Å²) in [6, 6.07) is 14.8. The molecule has 1 atom stereocenters. The van der Waals surface area contributed by atoms with E-state index >= 15 is 0 Å². The van der Waals surface area contributed by atoms with Gasteiger partial charge in [-0.25, -0.2) is 4.98 Å². The third-order valence-electron chi connectivity index (χ3n) is 5.84. The number of rotatable bonds is 10. The number of thioether (sulfide) groups is 1. The fourth-order valence-corrected chi connectivity index (χ4v) is 5.41.